The van der Waals surface area contributed by atoms with Gasteiger partial charge in [-0.3, -0.25) is 4.79 Å². The van der Waals surface area contributed by atoms with Gasteiger partial charge in [-0.25, -0.2) is 4.79 Å². The molecule has 0 atom stereocenters. The normalized spacial score (nSPS) is 13.5. The zero-order chi connectivity index (χ0) is 22.8. The number of ketones is 1. The Kier molecular flexibility index (Phi) is 5.69. The average molecular weight is 430 g/mol. The van der Waals surface area contributed by atoms with Gasteiger partial charge in [-0.15, -0.1) is 0 Å². The third-order valence-corrected chi connectivity index (χ3v) is 5.23. The third kappa shape index (κ3) is 3.95. The molecule has 32 heavy (non-hydrogen) atoms. The van der Waals surface area contributed by atoms with E-state index in [4.69, 9.17) is 18.9 Å². The number of hydrogen-bond donors (Lipinski definition) is 0. The highest BCUT2D eigenvalue weighted by atomic mass is 16.5. The van der Waals surface area contributed by atoms with E-state index in [2.05, 4.69) is 0 Å². The van der Waals surface area contributed by atoms with E-state index in [-0.39, 0.29) is 11.5 Å². The topological polar surface area (TPSA) is 71.1 Å². The largest absolute Gasteiger partial charge is 0.493 e. The van der Waals surface area contributed by atoms with Gasteiger partial charge in [0.2, 0.25) is 5.78 Å². The number of rotatable bonds is 5. The molecule has 0 saturated heterocycles. The molecular formula is C26H22O6. The van der Waals surface area contributed by atoms with Crippen molar-refractivity contribution in [1.29, 1.82) is 0 Å². The lowest BCUT2D eigenvalue weighted by atomic mass is 10.1. The van der Waals surface area contributed by atoms with Gasteiger partial charge in [0.15, 0.2) is 17.3 Å². The smallest absolute Gasteiger partial charge is 0.343 e. The number of carbonyl (C=O) groups is 2. The predicted octanol–water partition coefficient (Wildman–Crippen LogP) is 5.16. The van der Waals surface area contributed by atoms with Crippen LogP contribution >= 0.6 is 0 Å². The first-order valence-corrected chi connectivity index (χ1v) is 10.00. The third-order valence-electron chi connectivity index (χ3n) is 5.23. The molecule has 6 heteroatoms. The molecule has 0 fully saturated rings. The van der Waals surface area contributed by atoms with E-state index in [1.165, 1.54) is 0 Å². The van der Waals surface area contributed by atoms with Crippen molar-refractivity contribution < 1.29 is 28.5 Å². The highest BCUT2D eigenvalue weighted by Gasteiger charge is 2.30. The van der Waals surface area contributed by atoms with Gasteiger partial charge in [-0.05, 0) is 61.9 Å². The van der Waals surface area contributed by atoms with Crippen LogP contribution in [0.25, 0.3) is 6.08 Å². The Morgan fingerprint density at radius 2 is 1.56 bits per heavy atom. The predicted molar refractivity (Wildman–Crippen MR) is 120 cm³/mol. The van der Waals surface area contributed by atoms with E-state index in [0.717, 1.165) is 11.1 Å². The average Bonchev–Trinajstić information content (AvgIpc) is 3.12. The minimum Gasteiger partial charge on any atom is -0.493 e. The summed E-state index contributed by atoms with van der Waals surface area (Å²) >= 11 is 0. The number of aryl methyl sites for hydroxylation is 1. The molecular weight excluding hydrogens is 408 g/mol. The van der Waals surface area contributed by atoms with Crippen molar-refractivity contribution in [2.45, 2.75) is 13.8 Å². The second kappa shape index (κ2) is 8.59. The van der Waals surface area contributed by atoms with Crippen LogP contribution in [0.2, 0.25) is 0 Å². The van der Waals surface area contributed by atoms with Gasteiger partial charge in [-0.2, -0.15) is 0 Å². The number of hydrogen-bond acceptors (Lipinski definition) is 6. The fourth-order valence-corrected chi connectivity index (χ4v) is 3.42. The number of allylic oxidation sites excluding steroid dienone is 1. The summed E-state index contributed by atoms with van der Waals surface area (Å²) in [6, 6.07) is 15.7. The molecule has 0 aromatic heterocycles. The van der Waals surface area contributed by atoms with Crippen LogP contribution in [0.5, 0.6) is 23.0 Å². The second-order valence-electron chi connectivity index (χ2n) is 7.38. The fraction of sp³-hybridized carbons (Fsp3) is 0.154. The van der Waals surface area contributed by atoms with Crippen molar-refractivity contribution in [1.82, 2.24) is 0 Å². The molecule has 162 valence electrons. The van der Waals surface area contributed by atoms with Crippen LogP contribution in [0, 0.1) is 13.8 Å². The lowest BCUT2D eigenvalue weighted by molar-refractivity contribution is 0.0733. The van der Waals surface area contributed by atoms with Gasteiger partial charge >= 0.3 is 5.97 Å². The Bertz CT molecular complexity index is 1240. The Hall–Kier alpha value is -4.06. The van der Waals surface area contributed by atoms with Crippen molar-refractivity contribution in [3.8, 4) is 23.0 Å². The molecule has 6 nitrogen and oxygen atoms in total. The molecule has 0 amide bonds. The summed E-state index contributed by atoms with van der Waals surface area (Å²) in [5, 5.41) is 0. The van der Waals surface area contributed by atoms with Gasteiger partial charge in [0.25, 0.3) is 0 Å². The summed E-state index contributed by atoms with van der Waals surface area (Å²) in [6.07, 6.45) is 1.64. The first-order valence-electron chi connectivity index (χ1n) is 10.00. The summed E-state index contributed by atoms with van der Waals surface area (Å²) in [5.74, 6) is 1.33. The van der Waals surface area contributed by atoms with Gasteiger partial charge in [0.05, 0.1) is 25.3 Å². The lowest BCUT2D eigenvalue weighted by Gasteiger charge is -2.10. The van der Waals surface area contributed by atoms with E-state index in [0.29, 0.717) is 39.7 Å². The fourth-order valence-electron chi connectivity index (χ4n) is 3.42. The second-order valence-corrected chi connectivity index (χ2v) is 7.38. The highest BCUT2D eigenvalue weighted by molar-refractivity contribution is 6.15. The summed E-state index contributed by atoms with van der Waals surface area (Å²) in [4.78, 5) is 25.4. The Labute approximate surface area is 186 Å². The molecule has 1 aliphatic heterocycles. The monoisotopic (exact) mass is 430 g/mol. The SMILES string of the molecule is COc1ccc(/C=C2\Oc3c(ccc(OC(=O)c4ccc(C)cc4)c3C)C2=O)cc1OC. The van der Waals surface area contributed by atoms with Crippen LogP contribution in [-0.4, -0.2) is 26.0 Å². The summed E-state index contributed by atoms with van der Waals surface area (Å²) in [6.45, 7) is 3.70. The standard InChI is InChI=1S/C26H22O6/c1-15-5-8-18(9-6-15)26(28)32-20-12-10-19-24(27)23(31-25(19)16(20)2)14-17-7-11-21(29-3)22(13-17)30-4/h5-14H,1-4H3/b23-14-. The number of fused-ring (bicyclic) bond motifs is 1. The molecule has 0 N–H and O–H groups in total. The maximum absolute atomic E-state index is 12.9. The Morgan fingerprint density at radius 1 is 0.875 bits per heavy atom. The van der Waals surface area contributed by atoms with Crippen molar-refractivity contribution in [3.05, 3.63) is 88.2 Å². The van der Waals surface area contributed by atoms with Gasteiger partial charge in [0, 0.05) is 5.56 Å². The first kappa shape index (κ1) is 21.2. The Morgan fingerprint density at radius 3 is 2.25 bits per heavy atom. The van der Waals surface area contributed by atoms with E-state index >= 15 is 0 Å². The molecule has 0 unspecified atom stereocenters. The minimum absolute atomic E-state index is 0.178. The lowest BCUT2D eigenvalue weighted by Crippen LogP contribution is -2.09. The maximum Gasteiger partial charge on any atom is 0.343 e. The van der Waals surface area contributed by atoms with E-state index in [1.807, 2.05) is 19.1 Å². The van der Waals surface area contributed by atoms with E-state index in [9.17, 15) is 9.59 Å². The van der Waals surface area contributed by atoms with Crippen LogP contribution in [-0.2, 0) is 0 Å². The van der Waals surface area contributed by atoms with E-state index in [1.54, 1.807) is 69.7 Å². The highest BCUT2D eigenvalue weighted by Crippen LogP contribution is 2.40. The van der Waals surface area contributed by atoms with Crippen molar-refractivity contribution in [2.75, 3.05) is 14.2 Å². The number of ether oxygens (including phenoxy) is 4. The molecule has 0 bridgehead atoms. The van der Waals surface area contributed by atoms with Crippen LogP contribution in [0.1, 0.15) is 37.4 Å². The molecule has 4 rings (SSSR count). The van der Waals surface area contributed by atoms with Gasteiger partial charge in [-0.1, -0.05) is 23.8 Å². The number of carbonyl (C=O) groups excluding carboxylic acids is 2. The van der Waals surface area contributed by atoms with Crippen molar-refractivity contribution in [3.63, 3.8) is 0 Å². The van der Waals surface area contributed by atoms with Crippen LogP contribution in [0.3, 0.4) is 0 Å². The molecule has 1 heterocycles. The Balaban J connectivity index is 1.60. The molecule has 1 aliphatic rings. The van der Waals surface area contributed by atoms with Crippen molar-refractivity contribution >= 4 is 17.8 Å². The molecule has 0 spiro atoms. The molecule has 3 aromatic rings. The molecule has 0 radical (unpaired) electrons. The minimum atomic E-state index is -0.474. The summed E-state index contributed by atoms with van der Waals surface area (Å²) in [5.41, 5.74) is 3.22. The molecule has 3 aromatic carbocycles. The quantitative estimate of drug-likeness (QED) is 0.316. The van der Waals surface area contributed by atoms with E-state index < -0.39 is 5.97 Å². The van der Waals surface area contributed by atoms with Gasteiger partial charge in [0.1, 0.15) is 11.5 Å². The molecule has 0 saturated carbocycles. The number of methoxy groups -OCH3 is 2. The number of Topliss-reactive ketones (excluding diaryl/α,β-unsaturated/α-hetero) is 1. The van der Waals surface area contributed by atoms with Crippen LogP contribution < -0.4 is 18.9 Å². The number of esters is 1. The first-order chi connectivity index (χ1) is 15.4. The van der Waals surface area contributed by atoms with Gasteiger partial charge < -0.3 is 18.9 Å². The maximum atomic E-state index is 12.9. The van der Waals surface area contributed by atoms with Crippen LogP contribution in [0.15, 0.2) is 60.4 Å². The zero-order valence-corrected chi connectivity index (χ0v) is 18.2. The summed E-state index contributed by atoms with van der Waals surface area (Å²) in [7, 11) is 3.10. The van der Waals surface area contributed by atoms with Crippen molar-refractivity contribution in [2.24, 2.45) is 0 Å². The summed E-state index contributed by atoms with van der Waals surface area (Å²) < 4.78 is 22.0. The zero-order valence-electron chi connectivity index (χ0n) is 18.2. The number of benzene rings is 3. The molecule has 0 aliphatic carbocycles. The van der Waals surface area contributed by atoms with Crippen LogP contribution in [0.4, 0.5) is 0 Å².